The highest BCUT2D eigenvalue weighted by Gasteiger charge is 2.22. The summed E-state index contributed by atoms with van der Waals surface area (Å²) in [6, 6.07) is 13.4. The van der Waals surface area contributed by atoms with E-state index in [0.717, 1.165) is 17.7 Å². The maximum atomic E-state index is 12.2. The van der Waals surface area contributed by atoms with E-state index in [1.807, 2.05) is 12.1 Å². The molecule has 3 rings (SSSR count). The van der Waals surface area contributed by atoms with Gasteiger partial charge in [0.15, 0.2) is 6.61 Å². The Morgan fingerprint density at radius 2 is 1.58 bits per heavy atom. The van der Waals surface area contributed by atoms with Crippen molar-refractivity contribution in [1.29, 1.82) is 0 Å². The first-order chi connectivity index (χ1) is 14.6. The molecular weight excluding hydrogens is 396 g/mol. The highest BCUT2D eigenvalue weighted by atomic mass is 16.5. The van der Waals surface area contributed by atoms with Crippen LogP contribution in [0.1, 0.15) is 59.9 Å². The van der Waals surface area contributed by atoms with Gasteiger partial charge < -0.3 is 9.64 Å². The molecule has 1 aliphatic rings. The van der Waals surface area contributed by atoms with Crippen molar-refractivity contribution >= 4 is 29.4 Å². The number of carbonyl (C=O) groups excluding carboxylic acids is 4. The molecule has 1 fully saturated rings. The second-order valence-electron chi connectivity index (χ2n) is 8.48. The van der Waals surface area contributed by atoms with Gasteiger partial charge in [0.1, 0.15) is 0 Å². The molecule has 0 atom stereocenters. The minimum atomic E-state index is -0.711. The summed E-state index contributed by atoms with van der Waals surface area (Å²) in [4.78, 5) is 49.8. The molecule has 7 heteroatoms. The lowest BCUT2D eigenvalue weighted by Gasteiger charge is -2.19. The van der Waals surface area contributed by atoms with Gasteiger partial charge in [-0.1, -0.05) is 32.9 Å². The Morgan fingerprint density at radius 1 is 0.968 bits per heavy atom. The summed E-state index contributed by atoms with van der Waals surface area (Å²) in [5.74, 6) is -1.89. The maximum Gasteiger partial charge on any atom is 0.338 e. The van der Waals surface area contributed by atoms with Crippen molar-refractivity contribution in [2.45, 2.75) is 39.0 Å². The van der Waals surface area contributed by atoms with E-state index in [2.05, 4.69) is 26.1 Å². The van der Waals surface area contributed by atoms with Crippen molar-refractivity contribution in [1.82, 2.24) is 5.32 Å². The molecule has 1 N–H and O–H groups in total. The molecule has 0 bridgehead atoms. The van der Waals surface area contributed by atoms with E-state index in [9.17, 15) is 19.2 Å². The van der Waals surface area contributed by atoms with Crippen LogP contribution >= 0.6 is 0 Å². The van der Waals surface area contributed by atoms with E-state index in [0.29, 0.717) is 18.5 Å². The average molecular weight is 422 g/mol. The van der Waals surface area contributed by atoms with Crippen molar-refractivity contribution < 1.29 is 23.9 Å². The minimum absolute atomic E-state index is 0.0404. The molecule has 162 valence electrons. The van der Waals surface area contributed by atoms with Crippen molar-refractivity contribution in [3.63, 3.8) is 0 Å². The molecule has 1 aliphatic heterocycles. The summed E-state index contributed by atoms with van der Waals surface area (Å²) in [5, 5.41) is 2.21. The summed E-state index contributed by atoms with van der Waals surface area (Å²) in [7, 11) is 0. The van der Waals surface area contributed by atoms with E-state index < -0.39 is 24.4 Å². The Labute approximate surface area is 181 Å². The molecule has 3 amide bonds. The van der Waals surface area contributed by atoms with E-state index in [1.54, 1.807) is 41.3 Å². The second-order valence-corrected chi connectivity index (χ2v) is 8.48. The second kappa shape index (κ2) is 9.12. The lowest BCUT2D eigenvalue weighted by Crippen LogP contribution is -2.34. The number of carbonyl (C=O) groups is 4. The van der Waals surface area contributed by atoms with Gasteiger partial charge in [0.25, 0.3) is 11.8 Å². The topological polar surface area (TPSA) is 92.8 Å². The van der Waals surface area contributed by atoms with Crippen LogP contribution in [0.4, 0.5) is 5.69 Å². The molecule has 0 radical (unpaired) electrons. The number of hydrogen-bond acceptors (Lipinski definition) is 5. The zero-order valence-electron chi connectivity index (χ0n) is 17.9. The monoisotopic (exact) mass is 422 g/mol. The lowest BCUT2D eigenvalue weighted by atomic mass is 9.87. The summed E-state index contributed by atoms with van der Waals surface area (Å²) in [6.07, 6.45) is 1.34. The number of esters is 1. The number of imide groups is 1. The molecule has 31 heavy (non-hydrogen) atoms. The predicted octanol–water partition coefficient (Wildman–Crippen LogP) is 3.22. The van der Waals surface area contributed by atoms with Crippen molar-refractivity contribution in [2.24, 2.45) is 0 Å². The smallest absolute Gasteiger partial charge is 0.338 e. The van der Waals surface area contributed by atoms with Crippen molar-refractivity contribution in [3.8, 4) is 0 Å². The highest BCUT2D eigenvalue weighted by Crippen LogP contribution is 2.23. The van der Waals surface area contributed by atoms with Crippen LogP contribution in [0.15, 0.2) is 48.5 Å². The molecule has 1 heterocycles. The van der Waals surface area contributed by atoms with Gasteiger partial charge in [-0.2, -0.15) is 0 Å². The highest BCUT2D eigenvalue weighted by molar-refractivity contribution is 6.05. The first-order valence-electron chi connectivity index (χ1n) is 10.2. The van der Waals surface area contributed by atoms with Gasteiger partial charge >= 0.3 is 5.97 Å². The van der Waals surface area contributed by atoms with Crippen LogP contribution in [0.25, 0.3) is 0 Å². The summed E-state index contributed by atoms with van der Waals surface area (Å²) >= 11 is 0. The third-order valence-electron chi connectivity index (χ3n) is 5.09. The van der Waals surface area contributed by atoms with Crippen LogP contribution in [0.3, 0.4) is 0 Å². The standard InChI is InChI=1S/C24H26N2O5/c1-24(2,3)18-10-6-16(7-11-18)22(29)25-20(27)15-31-23(30)17-8-12-19(13-9-17)26-14-4-5-21(26)28/h6-13H,4-5,14-15H2,1-3H3,(H,25,27,29). The largest absolute Gasteiger partial charge is 0.452 e. The fourth-order valence-electron chi connectivity index (χ4n) is 3.27. The lowest BCUT2D eigenvalue weighted by molar-refractivity contribution is -0.123. The third-order valence-corrected chi connectivity index (χ3v) is 5.09. The Kier molecular flexibility index (Phi) is 6.53. The van der Waals surface area contributed by atoms with Gasteiger partial charge in [-0.25, -0.2) is 4.79 Å². The van der Waals surface area contributed by atoms with Gasteiger partial charge in [-0.15, -0.1) is 0 Å². The number of ether oxygens (including phenoxy) is 1. The number of nitrogens with zero attached hydrogens (tertiary/aromatic N) is 1. The molecule has 1 saturated heterocycles. The normalized spacial score (nSPS) is 13.8. The quantitative estimate of drug-likeness (QED) is 0.747. The van der Waals surface area contributed by atoms with Crippen LogP contribution in [0.2, 0.25) is 0 Å². The number of benzene rings is 2. The Balaban J connectivity index is 1.50. The molecule has 0 saturated carbocycles. The van der Waals surface area contributed by atoms with Crippen LogP contribution < -0.4 is 10.2 Å². The van der Waals surface area contributed by atoms with E-state index in [1.165, 1.54) is 0 Å². The summed E-state index contributed by atoms with van der Waals surface area (Å²) in [6.45, 7) is 6.30. The van der Waals surface area contributed by atoms with E-state index >= 15 is 0 Å². The van der Waals surface area contributed by atoms with Crippen LogP contribution in [-0.4, -0.2) is 36.8 Å². The fraction of sp³-hybridized carbons (Fsp3) is 0.333. The molecular formula is C24H26N2O5. The van der Waals surface area contributed by atoms with Gasteiger partial charge in [-0.3, -0.25) is 19.7 Å². The Bertz CT molecular complexity index is 988. The Hall–Kier alpha value is -3.48. The number of nitrogens with one attached hydrogen (secondary N) is 1. The average Bonchev–Trinajstić information content (AvgIpc) is 3.17. The SMILES string of the molecule is CC(C)(C)c1ccc(C(=O)NC(=O)COC(=O)c2ccc(N3CCCC3=O)cc2)cc1. The van der Waals surface area contributed by atoms with E-state index in [4.69, 9.17) is 4.74 Å². The number of rotatable bonds is 5. The van der Waals surface area contributed by atoms with Crippen LogP contribution in [0, 0.1) is 0 Å². The summed E-state index contributed by atoms with van der Waals surface area (Å²) < 4.78 is 4.99. The molecule has 0 aliphatic carbocycles. The molecule has 2 aromatic carbocycles. The zero-order chi connectivity index (χ0) is 22.6. The maximum absolute atomic E-state index is 12.2. The molecule has 2 aromatic rings. The Morgan fingerprint density at radius 3 is 2.13 bits per heavy atom. The zero-order valence-corrected chi connectivity index (χ0v) is 17.9. The molecule has 7 nitrogen and oxygen atoms in total. The molecule has 0 unspecified atom stereocenters. The van der Waals surface area contributed by atoms with Crippen LogP contribution in [-0.2, 0) is 19.7 Å². The van der Waals surface area contributed by atoms with E-state index in [-0.39, 0.29) is 16.9 Å². The molecule has 0 aromatic heterocycles. The third kappa shape index (κ3) is 5.57. The van der Waals surface area contributed by atoms with Gasteiger partial charge in [0.2, 0.25) is 5.91 Å². The fourth-order valence-corrected chi connectivity index (χ4v) is 3.27. The van der Waals surface area contributed by atoms with Crippen molar-refractivity contribution in [2.75, 3.05) is 18.1 Å². The predicted molar refractivity (Wildman–Crippen MR) is 116 cm³/mol. The molecule has 0 spiro atoms. The van der Waals surface area contributed by atoms with Crippen LogP contribution in [0.5, 0.6) is 0 Å². The summed E-state index contributed by atoms with van der Waals surface area (Å²) in [5.41, 5.74) is 2.36. The van der Waals surface area contributed by atoms with Gasteiger partial charge in [0, 0.05) is 24.2 Å². The van der Waals surface area contributed by atoms with Crippen molar-refractivity contribution in [3.05, 3.63) is 65.2 Å². The number of anilines is 1. The first-order valence-corrected chi connectivity index (χ1v) is 10.2. The number of hydrogen-bond donors (Lipinski definition) is 1. The minimum Gasteiger partial charge on any atom is -0.452 e. The van der Waals surface area contributed by atoms with Gasteiger partial charge in [0.05, 0.1) is 5.56 Å². The first kappa shape index (κ1) is 22.2. The number of amides is 3. The van der Waals surface area contributed by atoms with Gasteiger partial charge in [-0.05, 0) is 53.8 Å².